The second kappa shape index (κ2) is 9.11. The highest BCUT2D eigenvalue weighted by molar-refractivity contribution is 7.89. The molecule has 3 rings (SSSR count). The molecule has 1 amide bonds. The minimum Gasteiger partial charge on any atom is -0.383 e. The molecule has 2 aliphatic heterocycles. The summed E-state index contributed by atoms with van der Waals surface area (Å²) < 4.78 is 43.1. The van der Waals surface area contributed by atoms with Crippen LogP contribution in [0.5, 0.6) is 0 Å². The largest absolute Gasteiger partial charge is 0.383 e. The van der Waals surface area contributed by atoms with Gasteiger partial charge >= 0.3 is 0 Å². The molecular weight excluding hydrogens is 372 g/mol. The highest BCUT2D eigenvalue weighted by atomic mass is 32.2. The predicted octanol–water partition coefficient (Wildman–Crippen LogP) is 0.836. The Kier molecular flexibility index (Phi) is 6.83. The quantitative estimate of drug-likeness (QED) is 0.684. The number of carbonyl (C=O) groups excluding carboxylic acids is 1. The fourth-order valence-electron chi connectivity index (χ4n) is 3.36. The Morgan fingerprint density at radius 2 is 1.96 bits per heavy atom. The number of carbonyl (C=O) groups is 1. The van der Waals surface area contributed by atoms with Gasteiger partial charge in [-0.15, -0.1) is 0 Å². The molecule has 0 bridgehead atoms. The van der Waals surface area contributed by atoms with E-state index in [-0.39, 0.29) is 30.2 Å². The minimum atomic E-state index is -3.67. The third kappa shape index (κ3) is 5.05. The summed E-state index contributed by atoms with van der Waals surface area (Å²) in [5.74, 6) is 0.142. The van der Waals surface area contributed by atoms with Crippen LogP contribution in [-0.2, 0) is 24.2 Å². The number of hydrogen-bond donors (Lipinski definition) is 1. The molecule has 2 aliphatic rings. The van der Waals surface area contributed by atoms with Crippen LogP contribution in [0.2, 0.25) is 0 Å². The Balaban J connectivity index is 1.62. The Labute approximate surface area is 159 Å². The number of sulfonamides is 1. The molecule has 8 nitrogen and oxygen atoms in total. The molecule has 150 valence electrons. The van der Waals surface area contributed by atoms with Crippen molar-refractivity contribution >= 4 is 15.9 Å². The number of likely N-dealkylation sites (tertiary alicyclic amines) is 1. The highest BCUT2D eigenvalue weighted by Crippen LogP contribution is 2.26. The Bertz CT molecular complexity index is 740. The van der Waals surface area contributed by atoms with Crippen LogP contribution in [0.25, 0.3) is 0 Å². The van der Waals surface area contributed by atoms with Crippen LogP contribution in [0.1, 0.15) is 23.2 Å². The van der Waals surface area contributed by atoms with Gasteiger partial charge in [-0.2, -0.15) is 0 Å². The first kappa shape index (κ1) is 20.2. The van der Waals surface area contributed by atoms with Crippen LogP contribution in [0.15, 0.2) is 29.2 Å². The van der Waals surface area contributed by atoms with E-state index in [1.165, 1.54) is 19.2 Å². The lowest BCUT2D eigenvalue weighted by molar-refractivity contribution is -0.0956. The molecule has 1 N–H and O–H groups in total. The van der Waals surface area contributed by atoms with Crippen molar-refractivity contribution in [1.82, 2.24) is 9.62 Å². The van der Waals surface area contributed by atoms with Crippen molar-refractivity contribution in [3.05, 3.63) is 29.8 Å². The summed E-state index contributed by atoms with van der Waals surface area (Å²) in [4.78, 5) is 14.6. The molecule has 0 saturated carbocycles. The molecule has 2 fully saturated rings. The van der Waals surface area contributed by atoms with E-state index in [4.69, 9.17) is 14.2 Å². The van der Waals surface area contributed by atoms with E-state index in [1.807, 2.05) is 0 Å². The van der Waals surface area contributed by atoms with Crippen LogP contribution in [0.3, 0.4) is 0 Å². The Morgan fingerprint density at radius 3 is 2.63 bits per heavy atom. The van der Waals surface area contributed by atoms with E-state index in [9.17, 15) is 13.2 Å². The molecule has 27 heavy (non-hydrogen) atoms. The van der Waals surface area contributed by atoms with Gasteiger partial charge < -0.3 is 19.1 Å². The third-order valence-electron chi connectivity index (χ3n) is 4.85. The molecule has 0 aromatic heterocycles. The Morgan fingerprint density at radius 1 is 1.26 bits per heavy atom. The van der Waals surface area contributed by atoms with Crippen molar-refractivity contribution in [3.8, 4) is 0 Å². The van der Waals surface area contributed by atoms with Crippen LogP contribution < -0.4 is 4.72 Å². The van der Waals surface area contributed by atoms with Crippen molar-refractivity contribution in [3.63, 3.8) is 0 Å². The molecule has 9 heteroatoms. The smallest absolute Gasteiger partial charge is 0.253 e. The topological polar surface area (TPSA) is 94.2 Å². The maximum Gasteiger partial charge on any atom is 0.253 e. The summed E-state index contributed by atoms with van der Waals surface area (Å²) in [6.45, 7) is 2.93. The number of piperidine rings is 1. The van der Waals surface area contributed by atoms with Crippen LogP contribution in [0, 0.1) is 5.92 Å². The zero-order valence-corrected chi connectivity index (χ0v) is 16.2. The van der Waals surface area contributed by atoms with E-state index in [2.05, 4.69) is 4.72 Å². The second-order valence-corrected chi connectivity index (χ2v) is 8.42. The summed E-state index contributed by atoms with van der Waals surface area (Å²) in [5, 5.41) is 0. The standard InChI is InChI=1S/C18H26N2O6S/c1-24-10-7-19-27(22,23)16-4-2-3-15(13-16)17(21)20-8-5-14(6-9-20)18-25-11-12-26-18/h2-4,13-14,18-19H,5-12H2,1H3. The van der Waals surface area contributed by atoms with Gasteiger partial charge in [0, 0.05) is 38.2 Å². The van der Waals surface area contributed by atoms with Crippen LogP contribution in [0.4, 0.5) is 0 Å². The molecular formula is C18H26N2O6S. The first-order valence-electron chi connectivity index (χ1n) is 9.12. The number of hydrogen-bond acceptors (Lipinski definition) is 6. The molecule has 1 aromatic carbocycles. The fraction of sp³-hybridized carbons (Fsp3) is 0.611. The zero-order chi connectivity index (χ0) is 19.3. The number of benzene rings is 1. The van der Waals surface area contributed by atoms with E-state index in [0.717, 1.165) is 12.8 Å². The molecule has 2 heterocycles. The normalized spacial score (nSPS) is 19.5. The van der Waals surface area contributed by atoms with Gasteiger partial charge in [0.1, 0.15) is 0 Å². The molecule has 0 unspecified atom stereocenters. The zero-order valence-electron chi connectivity index (χ0n) is 15.4. The molecule has 2 saturated heterocycles. The van der Waals surface area contributed by atoms with E-state index in [1.54, 1.807) is 17.0 Å². The summed E-state index contributed by atoms with van der Waals surface area (Å²) in [5.41, 5.74) is 0.372. The number of amides is 1. The molecule has 0 spiro atoms. The van der Waals surface area contributed by atoms with Gasteiger partial charge in [0.15, 0.2) is 6.29 Å². The summed E-state index contributed by atoms with van der Waals surface area (Å²) in [6, 6.07) is 6.14. The van der Waals surface area contributed by atoms with Gasteiger partial charge in [-0.3, -0.25) is 4.79 Å². The number of ether oxygens (including phenoxy) is 3. The predicted molar refractivity (Wildman–Crippen MR) is 97.8 cm³/mol. The summed E-state index contributed by atoms with van der Waals surface area (Å²) in [6.07, 6.45) is 1.47. The van der Waals surface area contributed by atoms with Gasteiger partial charge in [0.2, 0.25) is 10.0 Å². The molecule has 0 atom stereocenters. The maximum atomic E-state index is 12.8. The SMILES string of the molecule is COCCNS(=O)(=O)c1cccc(C(=O)N2CCC(C3OCCO3)CC2)c1. The van der Waals surface area contributed by atoms with Gasteiger partial charge in [0.05, 0.1) is 24.7 Å². The van der Waals surface area contributed by atoms with Crippen LogP contribution >= 0.6 is 0 Å². The summed E-state index contributed by atoms with van der Waals surface area (Å²) in [7, 11) is -2.17. The van der Waals surface area contributed by atoms with Crippen molar-refractivity contribution in [2.75, 3.05) is 46.6 Å². The van der Waals surface area contributed by atoms with E-state index >= 15 is 0 Å². The lowest BCUT2D eigenvalue weighted by Crippen LogP contribution is -2.41. The average molecular weight is 398 g/mol. The Hall–Kier alpha value is -1.52. The second-order valence-electron chi connectivity index (χ2n) is 6.66. The fourth-order valence-corrected chi connectivity index (χ4v) is 4.42. The molecule has 0 radical (unpaired) electrons. The minimum absolute atomic E-state index is 0.0760. The van der Waals surface area contributed by atoms with Gasteiger partial charge in [0.25, 0.3) is 5.91 Å². The van der Waals surface area contributed by atoms with E-state index < -0.39 is 10.0 Å². The van der Waals surface area contributed by atoms with Gasteiger partial charge in [-0.1, -0.05) is 6.07 Å². The van der Waals surface area contributed by atoms with Crippen LogP contribution in [-0.4, -0.2) is 72.1 Å². The number of nitrogens with one attached hydrogen (secondary N) is 1. The van der Waals surface area contributed by atoms with Crippen molar-refractivity contribution < 1.29 is 27.4 Å². The first-order chi connectivity index (χ1) is 13.0. The first-order valence-corrected chi connectivity index (χ1v) is 10.6. The summed E-state index contributed by atoms with van der Waals surface area (Å²) >= 11 is 0. The maximum absolute atomic E-state index is 12.8. The number of methoxy groups -OCH3 is 1. The number of nitrogens with zero attached hydrogens (tertiary/aromatic N) is 1. The van der Waals surface area contributed by atoms with E-state index in [0.29, 0.717) is 37.8 Å². The van der Waals surface area contributed by atoms with Gasteiger partial charge in [-0.05, 0) is 31.0 Å². The number of rotatable bonds is 7. The lowest BCUT2D eigenvalue weighted by atomic mass is 9.95. The lowest BCUT2D eigenvalue weighted by Gasteiger charge is -2.34. The third-order valence-corrected chi connectivity index (χ3v) is 6.31. The monoisotopic (exact) mass is 398 g/mol. The van der Waals surface area contributed by atoms with Crippen molar-refractivity contribution in [2.24, 2.45) is 5.92 Å². The highest BCUT2D eigenvalue weighted by Gasteiger charge is 2.32. The molecule has 1 aromatic rings. The average Bonchev–Trinajstić information content (AvgIpc) is 3.23. The van der Waals surface area contributed by atoms with Crippen molar-refractivity contribution in [1.29, 1.82) is 0 Å². The molecule has 0 aliphatic carbocycles. The van der Waals surface area contributed by atoms with Gasteiger partial charge in [-0.25, -0.2) is 13.1 Å². The van der Waals surface area contributed by atoms with Crippen molar-refractivity contribution in [2.45, 2.75) is 24.0 Å².